The van der Waals surface area contributed by atoms with Crippen LogP contribution in [0, 0.1) is 0 Å². The van der Waals surface area contributed by atoms with Gasteiger partial charge in [0.15, 0.2) is 5.17 Å². The molecular weight excluding hydrogens is 304 g/mol. The smallest absolute Gasteiger partial charge is 0.180 e. The van der Waals surface area contributed by atoms with E-state index in [9.17, 15) is 0 Å². The van der Waals surface area contributed by atoms with Gasteiger partial charge >= 0.3 is 0 Å². The van der Waals surface area contributed by atoms with Crippen LogP contribution < -0.4 is 0 Å². The number of aromatic nitrogens is 1. The number of pyridine rings is 1. The molecule has 1 atom stereocenters. The molecule has 1 aromatic carbocycles. The Balaban J connectivity index is 1.91. The molecule has 21 heavy (non-hydrogen) atoms. The minimum atomic E-state index is 0.171. The summed E-state index contributed by atoms with van der Waals surface area (Å²) >= 11 is 7.87. The molecule has 2 heterocycles. The van der Waals surface area contributed by atoms with Gasteiger partial charge in [0.1, 0.15) is 5.37 Å². The van der Waals surface area contributed by atoms with E-state index in [1.54, 1.807) is 18.0 Å². The Morgan fingerprint density at radius 1 is 1.19 bits per heavy atom. The minimum absolute atomic E-state index is 0.171. The van der Waals surface area contributed by atoms with Crippen molar-refractivity contribution in [3.05, 3.63) is 59.4 Å². The van der Waals surface area contributed by atoms with Crippen LogP contribution in [0.15, 0.2) is 53.8 Å². The van der Waals surface area contributed by atoms with Crippen molar-refractivity contribution >= 4 is 34.2 Å². The summed E-state index contributed by atoms with van der Waals surface area (Å²) in [4.78, 5) is 8.87. The second-order valence-electron chi connectivity index (χ2n) is 4.70. The van der Waals surface area contributed by atoms with Crippen molar-refractivity contribution in [3.63, 3.8) is 0 Å². The standard InChI is InChI=1S/C15H15ClN4S/c1-19-14(11-6-5-9-17-10-11)21-15(20(19)2)18-13-8-4-3-7-12(13)16/h3-10,14H,1-2H3. The van der Waals surface area contributed by atoms with E-state index >= 15 is 0 Å². The van der Waals surface area contributed by atoms with Crippen molar-refractivity contribution in [2.45, 2.75) is 5.37 Å². The van der Waals surface area contributed by atoms with E-state index in [4.69, 9.17) is 11.6 Å². The van der Waals surface area contributed by atoms with Crippen LogP contribution in [0.1, 0.15) is 10.9 Å². The first-order valence-electron chi connectivity index (χ1n) is 6.53. The molecule has 0 spiro atoms. The number of benzene rings is 1. The van der Waals surface area contributed by atoms with Crippen molar-refractivity contribution in [1.82, 2.24) is 15.0 Å². The fraction of sp³-hybridized carbons (Fsp3) is 0.200. The topological polar surface area (TPSA) is 31.7 Å². The molecular formula is C15H15ClN4S. The van der Waals surface area contributed by atoms with Crippen molar-refractivity contribution < 1.29 is 0 Å². The van der Waals surface area contributed by atoms with Gasteiger partial charge in [0, 0.05) is 26.5 Å². The molecule has 6 heteroatoms. The van der Waals surface area contributed by atoms with Crippen LogP contribution in [-0.4, -0.2) is 34.3 Å². The number of nitrogens with zero attached hydrogens (tertiary/aromatic N) is 4. The molecule has 0 N–H and O–H groups in total. The minimum Gasteiger partial charge on any atom is -0.286 e. The molecule has 1 unspecified atom stereocenters. The summed E-state index contributed by atoms with van der Waals surface area (Å²) in [6.45, 7) is 0. The number of halogens is 1. The monoisotopic (exact) mass is 318 g/mol. The summed E-state index contributed by atoms with van der Waals surface area (Å²) in [6.07, 6.45) is 3.67. The van der Waals surface area contributed by atoms with E-state index in [-0.39, 0.29) is 5.37 Å². The highest BCUT2D eigenvalue weighted by molar-refractivity contribution is 8.14. The van der Waals surface area contributed by atoms with E-state index in [2.05, 4.69) is 21.1 Å². The molecule has 3 rings (SSSR count). The number of aliphatic imine (C=N–C) groups is 1. The van der Waals surface area contributed by atoms with Crippen molar-refractivity contribution in [2.24, 2.45) is 4.99 Å². The maximum atomic E-state index is 6.18. The molecule has 108 valence electrons. The number of hydrogen-bond donors (Lipinski definition) is 0. The van der Waals surface area contributed by atoms with E-state index in [0.717, 1.165) is 16.4 Å². The Morgan fingerprint density at radius 2 is 2.00 bits per heavy atom. The molecule has 0 amide bonds. The third kappa shape index (κ3) is 2.90. The highest BCUT2D eigenvalue weighted by Gasteiger charge is 2.33. The zero-order valence-corrected chi connectivity index (χ0v) is 13.3. The Labute approximate surface area is 133 Å². The van der Waals surface area contributed by atoms with Gasteiger partial charge in [-0.1, -0.05) is 41.6 Å². The second kappa shape index (κ2) is 6.05. The molecule has 1 fully saturated rings. The first-order valence-corrected chi connectivity index (χ1v) is 7.79. The highest BCUT2D eigenvalue weighted by Crippen LogP contribution is 2.41. The van der Waals surface area contributed by atoms with E-state index < -0.39 is 0 Å². The average Bonchev–Trinajstić information content (AvgIpc) is 2.79. The van der Waals surface area contributed by atoms with Gasteiger partial charge in [-0.05, 0) is 23.8 Å². The fourth-order valence-electron chi connectivity index (χ4n) is 2.09. The lowest BCUT2D eigenvalue weighted by Crippen LogP contribution is -2.33. The summed E-state index contributed by atoms with van der Waals surface area (Å²) in [5.74, 6) is 0. The normalized spacial score (nSPS) is 21.2. The number of rotatable bonds is 2. The molecule has 1 aliphatic rings. The Morgan fingerprint density at radius 3 is 2.71 bits per heavy atom. The van der Waals surface area contributed by atoms with E-state index in [0.29, 0.717) is 5.02 Å². The molecule has 0 radical (unpaired) electrons. The van der Waals surface area contributed by atoms with Gasteiger partial charge in [-0.3, -0.25) is 9.99 Å². The number of para-hydroxylation sites is 1. The number of hydrogen-bond acceptors (Lipinski definition) is 4. The third-order valence-corrected chi connectivity index (χ3v) is 5.03. The Kier molecular flexibility index (Phi) is 4.14. The highest BCUT2D eigenvalue weighted by atomic mass is 35.5. The van der Waals surface area contributed by atoms with Crippen LogP contribution >= 0.6 is 23.4 Å². The van der Waals surface area contributed by atoms with Crippen molar-refractivity contribution in [3.8, 4) is 0 Å². The molecule has 1 aliphatic heterocycles. The molecule has 1 saturated heterocycles. The first kappa shape index (κ1) is 14.4. The quantitative estimate of drug-likeness (QED) is 0.839. The van der Waals surface area contributed by atoms with Crippen LogP contribution in [0.3, 0.4) is 0 Å². The van der Waals surface area contributed by atoms with Crippen molar-refractivity contribution in [2.75, 3.05) is 14.1 Å². The predicted octanol–water partition coefficient (Wildman–Crippen LogP) is 3.95. The average molecular weight is 319 g/mol. The molecule has 4 nitrogen and oxygen atoms in total. The van der Waals surface area contributed by atoms with Gasteiger partial charge in [0.2, 0.25) is 0 Å². The molecule has 1 aromatic heterocycles. The lowest BCUT2D eigenvalue weighted by molar-refractivity contribution is 0.106. The largest absolute Gasteiger partial charge is 0.286 e. The van der Waals surface area contributed by atoms with Crippen molar-refractivity contribution in [1.29, 1.82) is 0 Å². The lowest BCUT2D eigenvalue weighted by atomic mass is 10.3. The Bertz CT molecular complexity index is 662. The van der Waals surface area contributed by atoms with Gasteiger partial charge in [-0.15, -0.1) is 0 Å². The lowest BCUT2D eigenvalue weighted by Gasteiger charge is -2.24. The van der Waals surface area contributed by atoms with E-state index in [1.807, 2.05) is 55.6 Å². The van der Waals surface area contributed by atoms with Crippen LogP contribution in [0.5, 0.6) is 0 Å². The fourth-order valence-corrected chi connectivity index (χ4v) is 3.47. The van der Waals surface area contributed by atoms with Gasteiger partial charge in [-0.25, -0.2) is 10.0 Å². The maximum absolute atomic E-state index is 6.18. The van der Waals surface area contributed by atoms with Gasteiger partial charge in [-0.2, -0.15) is 0 Å². The van der Waals surface area contributed by atoms with Crippen LogP contribution in [0.2, 0.25) is 5.02 Å². The zero-order chi connectivity index (χ0) is 14.8. The van der Waals surface area contributed by atoms with Gasteiger partial charge in [0.05, 0.1) is 10.7 Å². The SMILES string of the molecule is CN1C(=Nc2ccccc2Cl)SC(c2cccnc2)N1C. The van der Waals surface area contributed by atoms with Crippen LogP contribution in [0.4, 0.5) is 5.69 Å². The summed E-state index contributed by atoms with van der Waals surface area (Å²) < 4.78 is 0. The molecule has 0 aliphatic carbocycles. The number of hydrazine groups is 1. The summed E-state index contributed by atoms with van der Waals surface area (Å²) in [5.41, 5.74) is 1.94. The first-order chi connectivity index (χ1) is 10.2. The molecule has 0 bridgehead atoms. The molecule has 0 saturated carbocycles. The molecule has 2 aromatic rings. The second-order valence-corrected chi connectivity index (χ2v) is 6.15. The van der Waals surface area contributed by atoms with E-state index in [1.165, 1.54) is 0 Å². The third-order valence-electron chi connectivity index (χ3n) is 3.34. The Hall–Kier alpha value is -1.56. The predicted molar refractivity (Wildman–Crippen MR) is 88.6 cm³/mol. The summed E-state index contributed by atoms with van der Waals surface area (Å²) in [7, 11) is 4.04. The number of thioether (sulfide) groups is 1. The van der Waals surface area contributed by atoms with Crippen LogP contribution in [0.25, 0.3) is 0 Å². The summed E-state index contributed by atoms with van der Waals surface area (Å²) in [6, 6.07) is 11.6. The maximum Gasteiger partial charge on any atom is 0.180 e. The van der Waals surface area contributed by atoms with Gasteiger partial charge < -0.3 is 0 Å². The number of amidine groups is 1. The zero-order valence-electron chi connectivity index (χ0n) is 11.8. The summed E-state index contributed by atoms with van der Waals surface area (Å²) in [5, 5.41) is 5.92. The van der Waals surface area contributed by atoms with Gasteiger partial charge in [0.25, 0.3) is 0 Å². The van der Waals surface area contributed by atoms with Crippen LogP contribution in [-0.2, 0) is 0 Å².